The fraction of sp³-hybridized carbons (Fsp3) is 0.667. The van der Waals surface area contributed by atoms with Crippen molar-refractivity contribution >= 4 is 25.0 Å². The number of carboxylic acid groups (broad SMARTS) is 1. The Morgan fingerprint density at radius 3 is 2.49 bits per heavy atom. The molecule has 5 atom stereocenters. The van der Waals surface area contributed by atoms with Crippen molar-refractivity contribution < 1.29 is 38.3 Å². The van der Waals surface area contributed by atoms with Crippen LogP contribution in [0.5, 0.6) is 0 Å². The van der Waals surface area contributed by atoms with Crippen LogP contribution in [0.25, 0.3) is 0 Å². The van der Waals surface area contributed by atoms with Gasteiger partial charge in [0.05, 0.1) is 20.0 Å². The quantitative estimate of drug-likeness (QED) is 0.265. The number of hydrogen-bond donors (Lipinski definition) is 3. The zero-order chi connectivity index (χ0) is 26.5. The molecule has 2 heterocycles. The molecule has 0 spiro atoms. The largest absolute Gasteiger partial charge is 0.481 e. The van der Waals surface area contributed by atoms with Crippen LogP contribution in [-0.2, 0) is 33.2 Å². The first-order valence-corrected chi connectivity index (χ1v) is 13.8. The lowest BCUT2D eigenvalue weighted by Gasteiger charge is -2.27. The predicted octanol–water partition coefficient (Wildman–Crippen LogP) is -0.0910. The molecule has 1 aromatic rings. The minimum Gasteiger partial charge on any atom is -0.481 e. The van der Waals surface area contributed by atoms with Gasteiger partial charge in [0.1, 0.15) is 18.8 Å². The molecule has 3 N–H and O–H groups in total. The van der Waals surface area contributed by atoms with E-state index < -0.39 is 86.1 Å². The van der Waals surface area contributed by atoms with Crippen LogP contribution in [0.1, 0.15) is 31.6 Å². The van der Waals surface area contributed by atoms with Crippen molar-refractivity contribution in [1.29, 1.82) is 0 Å². The number of aliphatic carboxylic acids is 1. The summed E-state index contributed by atoms with van der Waals surface area (Å²) >= 11 is 0. The van der Waals surface area contributed by atoms with Gasteiger partial charge >= 0.3 is 17.6 Å². The van der Waals surface area contributed by atoms with Crippen molar-refractivity contribution in [3.8, 4) is 0 Å². The molecule has 1 amide bonds. The molecule has 1 saturated heterocycles. The van der Waals surface area contributed by atoms with E-state index in [2.05, 4.69) is 10.3 Å². The highest BCUT2D eigenvalue weighted by Gasteiger charge is 2.51. The number of nitrogens with zero attached hydrogens (tertiary/aromatic N) is 1. The van der Waals surface area contributed by atoms with Crippen molar-refractivity contribution in [3.05, 3.63) is 32.6 Å². The Bertz CT molecular complexity index is 1110. The van der Waals surface area contributed by atoms with Crippen LogP contribution in [0.2, 0.25) is 0 Å². The summed E-state index contributed by atoms with van der Waals surface area (Å²) in [6, 6.07) is 0. The Morgan fingerprint density at radius 1 is 1.26 bits per heavy atom. The summed E-state index contributed by atoms with van der Waals surface area (Å²) in [6.07, 6.45) is -3.85. The number of aromatic nitrogens is 2. The van der Waals surface area contributed by atoms with Gasteiger partial charge in [0.2, 0.25) is 5.91 Å². The molecule has 1 fully saturated rings. The summed E-state index contributed by atoms with van der Waals surface area (Å²) in [6.45, 7) is 5.96. The van der Waals surface area contributed by atoms with Crippen LogP contribution in [0.15, 0.2) is 15.8 Å². The van der Waals surface area contributed by atoms with Crippen LogP contribution in [0.4, 0.5) is 0 Å². The summed E-state index contributed by atoms with van der Waals surface area (Å²) in [5, 5.41) is 11.3. The second-order valence-corrected chi connectivity index (χ2v) is 12.5. The molecular formula is C21H32N3O10P. The predicted molar refractivity (Wildman–Crippen MR) is 124 cm³/mol. The van der Waals surface area contributed by atoms with E-state index in [1.807, 2.05) is 0 Å². The summed E-state index contributed by atoms with van der Waals surface area (Å²) in [7, 11) is -1.15. The van der Waals surface area contributed by atoms with E-state index in [9.17, 15) is 28.5 Å². The summed E-state index contributed by atoms with van der Waals surface area (Å²) in [4.78, 5) is 61.9. The number of hydrogen-bond acceptors (Lipinski definition) is 9. The average molecular weight is 517 g/mol. The van der Waals surface area contributed by atoms with Crippen molar-refractivity contribution in [2.75, 3.05) is 33.1 Å². The SMILES string of the molecule is CNC(=O)CO[C@@H]1[C@H](OC(=O)CCC(=O)O)[C@@H]([C@@H](C)CP(C)(C)=O)O[C@H]1n1cc(C)c(=O)[nH]c1=O. The first-order chi connectivity index (χ1) is 16.2. The van der Waals surface area contributed by atoms with Gasteiger partial charge in [0.25, 0.3) is 5.56 Å². The lowest BCUT2D eigenvalue weighted by atomic mass is 9.99. The molecule has 14 heteroatoms. The third-order valence-corrected chi connectivity index (χ3v) is 6.89. The lowest BCUT2D eigenvalue weighted by molar-refractivity contribution is -0.161. The standard InChI is InChI=1S/C21H32N3O10P/c1-11-8-24(21(30)23-19(11)29)20-18(32-9-13(25)22-3)17(33-15(28)7-6-14(26)27)16(34-20)12(2)10-35(4,5)31/h8,12,16-18,20H,6-7,9-10H2,1-5H3,(H,22,25)(H,26,27)(H,23,29,30)/t12-,16+,17+,18+,20+/m0/s1. The molecule has 0 unspecified atom stereocenters. The number of carboxylic acids is 1. The third-order valence-electron chi connectivity index (χ3n) is 5.43. The summed E-state index contributed by atoms with van der Waals surface area (Å²) in [5.41, 5.74) is -1.19. The van der Waals surface area contributed by atoms with Gasteiger partial charge in [-0.15, -0.1) is 0 Å². The van der Waals surface area contributed by atoms with E-state index in [-0.39, 0.29) is 11.7 Å². The number of nitrogens with one attached hydrogen (secondary N) is 2. The van der Waals surface area contributed by atoms with E-state index >= 15 is 0 Å². The first kappa shape index (κ1) is 28.5. The fourth-order valence-electron chi connectivity index (χ4n) is 3.89. The molecule has 1 aromatic heterocycles. The lowest BCUT2D eigenvalue weighted by Crippen LogP contribution is -2.44. The Labute approximate surface area is 201 Å². The van der Waals surface area contributed by atoms with E-state index in [0.717, 1.165) is 4.57 Å². The molecule has 1 aliphatic heterocycles. The number of esters is 1. The smallest absolute Gasteiger partial charge is 0.330 e. The minimum absolute atomic E-state index is 0.205. The Hall–Kier alpha value is -2.76. The van der Waals surface area contributed by atoms with Crippen LogP contribution in [0, 0.1) is 12.8 Å². The molecule has 0 radical (unpaired) electrons. The van der Waals surface area contributed by atoms with Crippen LogP contribution in [-0.4, -0.2) is 84.0 Å². The number of aromatic amines is 1. The maximum Gasteiger partial charge on any atom is 0.330 e. The molecule has 13 nitrogen and oxygen atoms in total. The zero-order valence-electron chi connectivity index (χ0n) is 20.3. The molecule has 196 valence electrons. The number of ether oxygens (including phenoxy) is 3. The van der Waals surface area contributed by atoms with Crippen molar-refractivity contribution in [2.45, 2.75) is 51.2 Å². The monoisotopic (exact) mass is 517 g/mol. The second-order valence-electron chi connectivity index (χ2n) is 9.00. The topological polar surface area (TPSA) is 183 Å². The maximum absolute atomic E-state index is 12.6. The van der Waals surface area contributed by atoms with Gasteiger partial charge in [-0.2, -0.15) is 0 Å². The Morgan fingerprint density at radius 2 is 1.91 bits per heavy atom. The molecule has 0 saturated carbocycles. The first-order valence-electron chi connectivity index (χ1n) is 11.0. The highest BCUT2D eigenvalue weighted by Crippen LogP contribution is 2.43. The molecule has 0 aromatic carbocycles. The Kier molecular flexibility index (Phi) is 9.59. The van der Waals surface area contributed by atoms with E-state index in [1.165, 1.54) is 20.2 Å². The van der Waals surface area contributed by atoms with Crippen molar-refractivity contribution in [2.24, 2.45) is 5.92 Å². The number of amides is 1. The molecule has 0 aliphatic carbocycles. The van der Waals surface area contributed by atoms with Gasteiger partial charge in [-0.25, -0.2) is 4.79 Å². The fourth-order valence-corrected chi connectivity index (χ4v) is 5.49. The summed E-state index contributed by atoms with van der Waals surface area (Å²) < 4.78 is 31.0. The van der Waals surface area contributed by atoms with Crippen LogP contribution < -0.4 is 16.6 Å². The van der Waals surface area contributed by atoms with Gasteiger partial charge in [-0.1, -0.05) is 6.92 Å². The van der Waals surface area contributed by atoms with Gasteiger partial charge in [-0.05, 0) is 26.2 Å². The normalized spacial score (nSPS) is 23.0. The molecular weight excluding hydrogens is 485 g/mol. The summed E-state index contributed by atoms with van der Waals surface area (Å²) in [5.74, 6) is -2.96. The highest BCUT2D eigenvalue weighted by atomic mass is 31.2. The maximum atomic E-state index is 12.6. The number of H-pyrrole nitrogens is 1. The molecule has 1 aliphatic rings. The minimum atomic E-state index is -2.55. The van der Waals surface area contributed by atoms with Crippen molar-refractivity contribution in [3.63, 3.8) is 0 Å². The number of rotatable bonds is 11. The Balaban J connectivity index is 2.51. The van der Waals surface area contributed by atoms with Gasteiger partial charge in [0.15, 0.2) is 12.3 Å². The van der Waals surface area contributed by atoms with Gasteiger partial charge in [0, 0.05) is 25.0 Å². The van der Waals surface area contributed by atoms with E-state index in [0.29, 0.717) is 0 Å². The molecule has 2 rings (SSSR count). The van der Waals surface area contributed by atoms with E-state index in [1.54, 1.807) is 20.3 Å². The van der Waals surface area contributed by atoms with E-state index in [4.69, 9.17) is 19.3 Å². The van der Waals surface area contributed by atoms with Crippen LogP contribution >= 0.6 is 7.14 Å². The van der Waals surface area contributed by atoms with Gasteiger partial charge in [-0.3, -0.25) is 28.7 Å². The highest BCUT2D eigenvalue weighted by molar-refractivity contribution is 7.62. The number of carbonyl (C=O) groups excluding carboxylic acids is 2. The molecule has 0 bridgehead atoms. The van der Waals surface area contributed by atoms with Crippen LogP contribution in [0.3, 0.4) is 0 Å². The zero-order valence-corrected chi connectivity index (χ0v) is 21.2. The average Bonchev–Trinajstić information content (AvgIpc) is 3.09. The number of carbonyl (C=O) groups is 3. The van der Waals surface area contributed by atoms with Crippen molar-refractivity contribution in [1.82, 2.24) is 14.9 Å². The molecule has 35 heavy (non-hydrogen) atoms. The number of aryl methyl sites for hydroxylation is 1. The van der Waals surface area contributed by atoms with Gasteiger partial charge < -0.3 is 29.2 Å². The second kappa shape index (κ2) is 11.8. The third kappa shape index (κ3) is 7.87. The number of likely N-dealkylation sites (N-methyl/N-ethyl adjacent to an activating group) is 1.